The van der Waals surface area contributed by atoms with E-state index in [9.17, 15) is 0 Å². The predicted molar refractivity (Wildman–Crippen MR) is 80.5 cm³/mol. The molecule has 0 spiro atoms. The molecule has 5 heteroatoms. The smallest absolute Gasteiger partial charge is 0.124 e. The third-order valence-electron chi connectivity index (χ3n) is 2.69. The molecule has 0 aliphatic heterocycles. The van der Waals surface area contributed by atoms with Crippen LogP contribution in [0.1, 0.15) is 11.1 Å². The fourth-order valence-corrected chi connectivity index (χ4v) is 2.43. The molecule has 0 amide bonds. The van der Waals surface area contributed by atoms with Gasteiger partial charge in [0, 0.05) is 40.5 Å². The fourth-order valence-electron chi connectivity index (χ4n) is 1.79. The van der Waals surface area contributed by atoms with Gasteiger partial charge in [0.1, 0.15) is 5.75 Å². The van der Waals surface area contributed by atoms with E-state index in [1.165, 1.54) is 0 Å². The standard InChI is InChI=1S/C14H14BrClN2O/c1-19-14-4-2-3-13(16)12(14)9-18-7-10-5-11(15)8-17-6-10/h2-6,8,18H,7,9H2,1H3. The normalized spacial score (nSPS) is 10.5. The third-order valence-corrected chi connectivity index (χ3v) is 3.48. The number of benzene rings is 1. The molecule has 1 N–H and O–H groups in total. The second-order valence-corrected chi connectivity index (χ2v) is 5.36. The lowest BCUT2D eigenvalue weighted by Crippen LogP contribution is -2.14. The van der Waals surface area contributed by atoms with Crippen LogP contribution in [0.3, 0.4) is 0 Å². The Balaban J connectivity index is 2.00. The molecule has 0 saturated heterocycles. The van der Waals surface area contributed by atoms with Gasteiger partial charge in [0.05, 0.1) is 7.11 Å². The Morgan fingerprint density at radius 3 is 2.89 bits per heavy atom. The fraction of sp³-hybridized carbons (Fsp3) is 0.214. The minimum Gasteiger partial charge on any atom is -0.496 e. The first-order valence-electron chi connectivity index (χ1n) is 5.82. The van der Waals surface area contributed by atoms with Gasteiger partial charge in [0.25, 0.3) is 0 Å². The van der Waals surface area contributed by atoms with Crippen molar-refractivity contribution >= 4 is 27.5 Å². The van der Waals surface area contributed by atoms with E-state index >= 15 is 0 Å². The summed E-state index contributed by atoms with van der Waals surface area (Å²) in [5, 5.41) is 4.04. The van der Waals surface area contributed by atoms with Crippen molar-refractivity contribution < 1.29 is 4.74 Å². The second-order valence-electron chi connectivity index (χ2n) is 4.04. The maximum Gasteiger partial charge on any atom is 0.124 e. The van der Waals surface area contributed by atoms with Crippen LogP contribution in [0.5, 0.6) is 5.75 Å². The highest BCUT2D eigenvalue weighted by atomic mass is 79.9. The molecule has 3 nitrogen and oxygen atoms in total. The molecule has 0 fully saturated rings. The molecule has 0 saturated carbocycles. The van der Waals surface area contributed by atoms with Crippen LogP contribution in [-0.2, 0) is 13.1 Å². The van der Waals surface area contributed by atoms with Crippen molar-refractivity contribution in [3.8, 4) is 5.75 Å². The van der Waals surface area contributed by atoms with Crippen molar-refractivity contribution in [3.05, 3.63) is 57.3 Å². The van der Waals surface area contributed by atoms with Gasteiger partial charge >= 0.3 is 0 Å². The third kappa shape index (κ3) is 3.93. The summed E-state index contributed by atoms with van der Waals surface area (Å²) in [6, 6.07) is 7.68. The molecule has 1 aromatic carbocycles. The van der Waals surface area contributed by atoms with Gasteiger partial charge in [0.15, 0.2) is 0 Å². The maximum absolute atomic E-state index is 6.18. The zero-order chi connectivity index (χ0) is 13.7. The molecule has 100 valence electrons. The average Bonchev–Trinajstić information content (AvgIpc) is 2.40. The molecule has 2 rings (SSSR count). The Labute approximate surface area is 126 Å². The number of nitrogens with zero attached hydrogens (tertiary/aromatic N) is 1. The number of rotatable bonds is 5. The van der Waals surface area contributed by atoms with Crippen molar-refractivity contribution in [3.63, 3.8) is 0 Å². The summed E-state index contributed by atoms with van der Waals surface area (Å²) in [5.41, 5.74) is 2.08. The molecule has 2 aromatic rings. The molecule has 0 unspecified atom stereocenters. The van der Waals surface area contributed by atoms with Crippen LogP contribution in [0.25, 0.3) is 0 Å². The summed E-state index contributed by atoms with van der Waals surface area (Å²) in [4.78, 5) is 4.12. The van der Waals surface area contributed by atoms with Gasteiger partial charge in [-0.05, 0) is 39.7 Å². The summed E-state index contributed by atoms with van der Waals surface area (Å²) < 4.78 is 6.28. The van der Waals surface area contributed by atoms with E-state index in [1.807, 2.05) is 30.5 Å². The van der Waals surface area contributed by atoms with Crippen LogP contribution in [0.4, 0.5) is 0 Å². The Kier molecular flexibility index (Phi) is 5.19. The van der Waals surface area contributed by atoms with Crippen LogP contribution in [0, 0.1) is 0 Å². The lowest BCUT2D eigenvalue weighted by atomic mass is 10.2. The minimum atomic E-state index is 0.648. The quantitative estimate of drug-likeness (QED) is 0.898. The molecule has 1 heterocycles. The summed E-state index contributed by atoms with van der Waals surface area (Å²) in [6.07, 6.45) is 3.60. The van der Waals surface area contributed by atoms with E-state index in [-0.39, 0.29) is 0 Å². The highest BCUT2D eigenvalue weighted by molar-refractivity contribution is 9.10. The Morgan fingerprint density at radius 1 is 1.32 bits per heavy atom. The lowest BCUT2D eigenvalue weighted by Gasteiger charge is -2.11. The van der Waals surface area contributed by atoms with E-state index < -0.39 is 0 Å². The Morgan fingerprint density at radius 2 is 2.16 bits per heavy atom. The Bertz CT molecular complexity index is 563. The largest absolute Gasteiger partial charge is 0.496 e. The zero-order valence-electron chi connectivity index (χ0n) is 10.5. The number of aromatic nitrogens is 1. The first kappa shape index (κ1) is 14.3. The van der Waals surface area contributed by atoms with E-state index in [2.05, 4.69) is 26.2 Å². The first-order valence-corrected chi connectivity index (χ1v) is 6.99. The van der Waals surface area contributed by atoms with Crippen molar-refractivity contribution in [2.75, 3.05) is 7.11 Å². The highest BCUT2D eigenvalue weighted by Gasteiger charge is 2.06. The maximum atomic E-state index is 6.18. The van der Waals surface area contributed by atoms with E-state index in [0.717, 1.165) is 27.9 Å². The van der Waals surface area contributed by atoms with Crippen molar-refractivity contribution in [2.45, 2.75) is 13.1 Å². The summed E-state index contributed by atoms with van der Waals surface area (Å²) in [5.74, 6) is 0.798. The molecule has 0 aliphatic carbocycles. The monoisotopic (exact) mass is 340 g/mol. The van der Waals surface area contributed by atoms with Crippen LogP contribution in [0.15, 0.2) is 41.1 Å². The zero-order valence-corrected chi connectivity index (χ0v) is 12.8. The van der Waals surface area contributed by atoms with Crippen LogP contribution >= 0.6 is 27.5 Å². The summed E-state index contributed by atoms with van der Waals surface area (Å²) >= 11 is 9.58. The molecular weight excluding hydrogens is 328 g/mol. The average molecular weight is 342 g/mol. The SMILES string of the molecule is COc1cccc(Cl)c1CNCc1cncc(Br)c1. The molecule has 0 bridgehead atoms. The molecule has 0 radical (unpaired) electrons. The van der Waals surface area contributed by atoms with Gasteiger partial charge in [0.2, 0.25) is 0 Å². The number of nitrogens with one attached hydrogen (secondary N) is 1. The van der Waals surface area contributed by atoms with Gasteiger partial charge in [-0.2, -0.15) is 0 Å². The van der Waals surface area contributed by atoms with Gasteiger partial charge in [-0.1, -0.05) is 17.7 Å². The Hall–Kier alpha value is -1.10. The van der Waals surface area contributed by atoms with Crippen LogP contribution in [0.2, 0.25) is 5.02 Å². The molecule has 19 heavy (non-hydrogen) atoms. The van der Waals surface area contributed by atoms with Crippen molar-refractivity contribution in [1.82, 2.24) is 10.3 Å². The van der Waals surface area contributed by atoms with Gasteiger partial charge < -0.3 is 10.1 Å². The van der Waals surface area contributed by atoms with E-state index in [4.69, 9.17) is 16.3 Å². The number of methoxy groups -OCH3 is 1. The highest BCUT2D eigenvalue weighted by Crippen LogP contribution is 2.25. The summed E-state index contributed by atoms with van der Waals surface area (Å²) in [6.45, 7) is 1.37. The van der Waals surface area contributed by atoms with Crippen molar-refractivity contribution in [1.29, 1.82) is 0 Å². The predicted octanol–water partition coefficient (Wildman–Crippen LogP) is 3.80. The number of halogens is 2. The van der Waals surface area contributed by atoms with E-state index in [0.29, 0.717) is 11.6 Å². The number of hydrogen-bond donors (Lipinski definition) is 1. The van der Waals surface area contributed by atoms with E-state index in [1.54, 1.807) is 13.3 Å². The van der Waals surface area contributed by atoms with Gasteiger partial charge in [-0.25, -0.2) is 0 Å². The molecular formula is C14H14BrClN2O. The van der Waals surface area contributed by atoms with Crippen molar-refractivity contribution in [2.24, 2.45) is 0 Å². The van der Waals surface area contributed by atoms with Gasteiger partial charge in [-0.15, -0.1) is 0 Å². The molecule has 1 aromatic heterocycles. The number of ether oxygens (including phenoxy) is 1. The van der Waals surface area contributed by atoms with Gasteiger partial charge in [-0.3, -0.25) is 4.98 Å². The first-order chi connectivity index (χ1) is 9.20. The minimum absolute atomic E-state index is 0.648. The number of pyridine rings is 1. The lowest BCUT2D eigenvalue weighted by molar-refractivity contribution is 0.407. The molecule has 0 atom stereocenters. The topological polar surface area (TPSA) is 34.1 Å². The molecule has 0 aliphatic rings. The second kappa shape index (κ2) is 6.89. The number of hydrogen-bond acceptors (Lipinski definition) is 3. The van der Waals surface area contributed by atoms with Crippen LogP contribution < -0.4 is 10.1 Å². The summed E-state index contributed by atoms with van der Waals surface area (Å²) in [7, 11) is 1.65. The van der Waals surface area contributed by atoms with Crippen LogP contribution in [-0.4, -0.2) is 12.1 Å².